The van der Waals surface area contributed by atoms with Crippen LogP contribution < -0.4 is 14.4 Å². The molecule has 0 radical (unpaired) electrons. The van der Waals surface area contributed by atoms with Crippen LogP contribution in [0.25, 0.3) is 0 Å². The average molecular weight is 481 g/mol. The SMILES string of the molecule is CC(C)Oc1ccc(CNC(=O)CN(c2ccc(C(C)C)cc2)S(=O)(=O)c2ccccc2)cc1. The van der Waals surface area contributed by atoms with E-state index < -0.39 is 15.9 Å². The summed E-state index contributed by atoms with van der Waals surface area (Å²) in [4.78, 5) is 13.0. The summed E-state index contributed by atoms with van der Waals surface area (Å²) < 4.78 is 33.6. The molecule has 0 saturated heterocycles. The number of hydrogen-bond acceptors (Lipinski definition) is 4. The molecule has 0 aromatic heterocycles. The molecule has 0 fully saturated rings. The zero-order valence-electron chi connectivity index (χ0n) is 20.1. The molecule has 0 bridgehead atoms. The average Bonchev–Trinajstić information content (AvgIpc) is 2.82. The number of nitrogens with zero attached hydrogens (tertiary/aromatic N) is 1. The lowest BCUT2D eigenvalue weighted by Gasteiger charge is -2.24. The molecular weight excluding hydrogens is 448 g/mol. The van der Waals surface area contributed by atoms with E-state index in [1.165, 1.54) is 12.1 Å². The van der Waals surface area contributed by atoms with Gasteiger partial charge in [0.15, 0.2) is 0 Å². The van der Waals surface area contributed by atoms with E-state index in [1.807, 2.05) is 50.2 Å². The Morgan fingerprint density at radius 3 is 2.06 bits per heavy atom. The van der Waals surface area contributed by atoms with Crippen LogP contribution in [0.1, 0.15) is 44.7 Å². The second-order valence-electron chi connectivity index (χ2n) is 8.66. The van der Waals surface area contributed by atoms with Crippen LogP contribution in [-0.2, 0) is 21.4 Å². The van der Waals surface area contributed by atoms with Crippen LogP contribution in [0.15, 0.2) is 83.8 Å². The standard InChI is InChI=1S/C27H32N2O4S/c1-20(2)23-12-14-24(15-13-23)29(34(31,32)26-8-6-5-7-9-26)19-27(30)28-18-22-10-16-25(17-11-22)33-21(3)4/h5-17,20-21H,18-19H2,1-4H3,(H,28,30). The Morgan fingerprint density at radius 1 is 0.882 bits per heavy atom. The molecule has 0 heterocycles. The molecule has 0 aliphatic carbocycles. The zero-order valence-corrected chi connectivity index (χ0v) is 20.9. The Bertz CT molecular complexity index is 1170. The minimum atomic E-state index is -3.93. The van der Waals surface area contributed by atoms with Crippen molar-refractivity contribution >= 4 is 21.6 Å². The number of carbonyl (C=O) groups excluding carboxylic acids is 1. The largest absolute Gasteiger partial charge is 0.491 e. The van der Waals surface area contributed by atoms with Crippen LogP contribution in [0.4, 0.5) is 5.69 Å². The highest BCUT2D eigenvalue weighted by atomic mass is 32.2. The molecule has 3 rings (SSSR count). The van der Waals surface area contributed by atoms with Crippen molar-refractivity contribution in [1.29, 1.82) is 0 Å². The molecule has 0 aliphatic heterocycles. The number of carbonyl (C=O) groups is 1. The lowest BCUT2D eigenvalue weighted by atomic mass is 10.0. The van der Waals surface area contributed by atoms with E-state index in [0.717, 1.165) is 21.2 Å². The van der Waals surface area contributed by atoms with Crippen molar-refractivity contribution in [3.63, 3.8) is 0 Å². The molecule has 180 valence electrons. The second-order valence-corrected chi connectivity index (χ2v) is 10.5. The number of ether oxygens (including phenoxy) is 1. The Hall–Kier alpha value is -3.32. The molecule has 0 atom stereocenters. The van der Waals surface area contributed by atoms with E-state index in [-0.39, 0.29) is 24.1 Å². The fourth-order valence-electron chi connectivity index (χ4n) is 3.41. The normalized spacial score (nSPS) is 11.5. The highest BCUT2D eigenvalue weighted by Crippen LogP contribution is 2.25. The van der Waals surface area contributed by atoms with E-state index in [2.05, 4.69) is 19.2 Å². The van der Waals surface area contributed by atoms with Gasteiger partial charge in [0.05, 0.1) is 16.7 Å². The van der Waals surface area contributed by atoms with Crippen molar-refractivity contribution in [2.24, 2.45) is 0 Å². The highest BCUT2D eigenvalue weighted by molar-refractivity contribution is 7.92. The Morgan fingerprint density at radius 2 is 1.50 bits per heavy atom. The van der Waals surface area contributed by atoms with Crippen LogP contribution in [-0.4, -0.2) is 27.0 Å². The summed E-state index contributed by atoms with van der Waals surface area (Å²) in [6.45, 7) is 8.02. The first-order valence-electron chi connectivity index (χ1n) is 11.4. The van der Waals surface area contributed by atoms with Gasteiger partial charge in [-0.25, -0.2) is 8.42 Å². The number of benzene rings is 3. The van der Waals surface area contributed by atoms with Crippen LogP contribution in [0.2, 0.25) is 0 Å². The van der Waals surface area contributed by atoms with Gasteiger partial charge in [-0.2, -0.15) is 0 Å². The maximum absolute atomic E-state index is 13.4. The number of nitrogens with one attached hydrogen (secondary N) is 1. The summed E-state index contributed by atoms with van der Waals surface area (Å²) in [7, 11) is -3.93. The predicted molar refractivity (Wildman–Crippen MR) is 136 cm³/mol. The van der Waals surface area contributed by atoms with Gasteiger partial charge in [-0.1, -0.05) is 56.3 Å². The van der Waals surface area contributed by atoms with Gasteiger partial charge in [0.1, 0.15) is 12.3 Å². The van der Waals surface area contributed by atoms with E-state index in [4.69, 9.17) is 4.74 Å². The van der Waals surface area contributed by atoms with Crippen LogP contribution in [0.5, 0.6) is 5.75 Å². The van der Waals surface area contributed by atoms with Gasteiger partial charge in [0, 0.05) is 6.54 Å². The molecule has 7 heteroatoms. The van der Waals surface area contributed by atoms with Crippen molar-refractivity contribution in [1.82, 2.24) is 5.32 Å². The van der Waals surface area contributed by atoms with E-state index in [9.17, 15) is 13.2 Å². The van der Waals surface area contributed by atoms with Crippen LogP contribution >= 0.6 is 0 Å². The third-order valence-electron chi connectivity index (χ3n) is 5.25. The van der Waals surface area contributed by atoms with Gasteiger partial charge in [0.25, 0.3) is 10.0 Å². The monoisotopic (exact) mass is 480 g/mol. The molecule has 0 aliphatic rings. The molecule has 0 unspecified atom stereocenters. The molecule has 3 aromatic rings. The lowest BCUT2D eigenvalue weighted by Crippen LogP contribution is -2.40. The van der Waals surface area contributed by atoms with Gasteiger partial charge in [-0.3, -0.25) is 9.10 Å². The van der Waals surface area contributed by atoms with Crippen molar-refractivity contribution in [3.05, 3.63) is 90.0 Å². The Balaban J connectivity index is 1.77. The molecule has 6 nitrogen and oxygen atoms in total. The van der Waals surface area contributed by atoms with Gasteiger partial charge in [-0.15, -0.1) is 0 Å². The Labute approximate surface area is 202 Å². The molecule has 34 heavy (non-hydrogen) atoms. The van der Waals surface area contributed by atoms with E-state index in [1.54, 1.807) is 30.3 Å². The van der Waals surface area contributed by atoms with Crippen molar-refractivity contribution in [3.8, 4) is 5.75 Å². The third-order valence-corrected chi connectivity index (χ3v) is 7.04. The summed E-state index contributed by atoms with van der Waals surface area (Å²) in [5.41, 5.74) is 2.43. The third kappa shape index (κ3) is 6.60. The molecule has 0 saturated carbocycles. The van der Waals surface area contributed by atoms with E-state index >= 15 is 0 Å². The van der Waals surface area contributed by atoms with Crippen molar-refractivity contribution in [2.45, 2.75) is 51.2 Å². The summed E-state index contributed by atoms with van der Waals surface area (Å²) >= 11 is 0. The second kappa shape index (κ2) is 11.2. The number of anilines is 1. The van der Waals surface area contributed by atoms with Gasteiger partial charge in [-0.05, 0) is 67.3 Å². The smallest absolute Gasteiger partial charge is 0.264 e. The van der Waals surface area contributed by atoms with Crippen LogP contribution in [0.3, 0.4) is 0 Å². The summed E-state index contributed by atoms with van der Waals surface area (Å²) in [5.74, 6) is 0.679. The first kappa shape index (κ1) is 25.3. The molecular formula is C27H32N2O4S. The van der Waals surface area contributed by atoms with Gasteiger partial charge >= 0.3 is 0 Å². The zero-order chi connectivity index (χ0) is 24.7. The first-order valence-corrected chi connectivity index (χ1v) is 12.8. The number of hydrogen-bond donors (Lipinski definition) is 1. The maximum atomic E-state index is 13.4. The highest BCUT2D eigenvalue weighted by Gasteiger charge is 2.27. The maximum Gasteiger partial charge on any atom is 0.264 e. The first-order chi connectivity index (χ1) is 16.2. The fourth-order valence-corrected chi connectivity index (χ4v) is 4.85. The fraction of sp³-hybridized carbons (Fsp3) is 0.296. The summed E-state index contributed by atoms with van der Waals surface area (Å²) in [6.07, 6.45) is 0.0812. The topological polar surface area (TPSA) is 75.7 Å². The Kier molecular flexibility index (Phi) is 8.34. The minimum Gasteiger partial charge on any atom is -0.491 e. The van der Waals surface area contributed by atoms with Crippen molar-refractivity contribution in [2.75, 3.05) is 10.8 Å². The predicted octanol–water partition coefficient (Wildman–Crippen LogP) is 5.11. The molecule has 3 aromatic carbocycles. The number of rotatable bonds is 10. The number of sulfonamides is 1. The lowest BCUT2D eigenvalue weighted by molar-refractivity contribution is -0.119. The quantitative estimate of drug-likeness (QED) is 0.438. The summed E-state index contributed by atoms with van der Waals surface area (Å²) in [6, 6.07) is 22.9. The molecule has 1 amide bonds. The molecule has 1 N–H and O–H groups in total. The van der Waals surface area contributed by atoms with Crippen molar-refractivity contribution < 1.29 is 17.9 Å². The van der Waals surface area contributed by atoms with Gasteiger partial charge in [0.2, 0.25) is 5.91 Å². The van der Waals surface area contributed by atoms with Gasteiger partial charge < -0.3 is 10.1 Å². The summed E-state index contributed by atoms with van der Waals surface area (Å²) in [5, 5.41) is 2.83. The molecule has 0 spiro atoms. The van der Waals surface area contributed by atoms with Crippen LogP contribution in [0, 0.1) is 0 Å². The number of amides is 1. The minimum absolute atomic E-state index is 0.0812. The van der Waals surface area contributed by atoms with E-state index in [0.29, 0.717) is 11.6 Å².